The van der Waals surface area contributed by atoms with Crippen molar-refractivity contribution in [1.29, 1.82) is 0 Å². The predicted molar refractivity (Wildman–Crippen MR) is 82.0 cm³/mol. The largest absolute Gasteiger partial charge is 0.382 e. The zero-order valence-corrected chi connectivity index (χ0v) is 12.5. The molecule has 0 aromatic heterocycles. The van der Waals surface area contributed by atoms with E-state index in [1.54, 1.807) is 0 Å². The first-order valence-corrected chi connectivity index (χ1v) is 7.22. The molecule has 1 aliphatic rings. The fourth-order valence-electron chi connectivity index (χ4n) is 2.03. The molecule has 0 radical (unpaired) electrons. The molecule has 2 rings (SSSR count). The van der Waals surface area contributed by atoms with Gasteiger partial charge >= 0.3 is 0 Å². The lowest BCUT2D eigenvalue weighted by molar-refractivity contribution is -0.123. The quantitative estimate of drug-likeness (QED) is 0.887. The molecule has 0 aliphatic carbocycles. The van der Waals surface area contributed by atoms with Crippen LogP contribution in [0.4, 0.5) is 11.4 Å². The molecule has 1 saturated heterocycles. The number of nitrogens with one attached hydrogen (secondary N) is 2. The van der Waals surface area contributed by atoms with Crippen molar-refractivity contribution in [3.8, 4) is 0 Å². The lowest BCUT2D eigenvalue weighted by Crippen LogP contribution is -2.27. The number of carbonyl (C=O) groups excluding carboxylic acids is 1. The Morgan fingerprint density at radius 2 is 1.90 bits per heavy atom. The predicted octanol–water partition coefficient (Wildman–Crippen LogP) is 3.26. The SMILES string of the molecule is CC(C)(C)C(=O)Nc1ccc(NCC2CCCO2)cc1. The minimum Gasteiger partial charge on any atom is -0.382 e. The molecule has 110 valence electrons. The molecule has 1 unspecified atom stereocenters. The van der Waals surface area contributed by atoms with E-state index >= 15 is 0 Å². The van der Waals surface area contributed by atoms with Crippen molar-refractivity contribution >= 4 is 17.3 Å². The summed E-state index contributed by atoms with van der Waals surface area (Å²) in [6.07, 6.45) is 2.62. The summed E-state index contributed by atoms with van der Waals surface area (Å²) < 4.78 is 5.57. The van der Waals surface area contributed by atoms with Crippen LogP contribution in [0.15, 0.2) is 24.3 Å². The summed E-state index contributed by atoms with van der Waals surface area (Å²) in [4.78, 5) is 11.9. The minimum atomic E-state index is -0.378. The fourth-order valence-corrected chi connectivity index (χ4v) is 2.03. The van der Waals surface area contributed by atoms with Crippen LogP contribution in [0.5, 0.6) is 0 Å². The molecule has 2 N–H and O–H groups in total. The van der Waals surface area contributed by atoms with Crippen molar-refractivity contribution in [3.05, 3.63) is 24.3 Å². The smallest absolute Gasteiger partial charge is 0.229 e. The van der Waals surface area contributed by atoms with Crippen LogP contribution < -0.4 is 10.6 Å². The van der Waals surface area contributed by atoms with Crippen LogP contribution in [-0.2, 0) is 9.53 Å². The fraction of sp³-hybridized carbons (Fsp3) is 0.562. The summed E-state index contributed by atoms with van der Waals surface area (Å²) in [5.41, 5.74) is 1.50. The Hall–Kier alpha value is -1.55. The van der Waals surface area contributed by atoms with Gasteiger partial charge in [0.15, 0.2) is 0 Å². The van der Waals surface area contributed by atoms with Gasteiger partial charge in [-0.15, -0.1) is 0 Å². The van der Waals surface area contributed by atoms with Crippen LogP contribution in [0.25, 0.3) is 0 Å². The number of benzene rings is 1. The number of carbonyl (C=O) groups is 1. The van der Waals surface area contributed by atoms with E-state index in [0.717, 1.165) is 37.4 Å². The van der Waals surface area contributed by atoms with Gasteiger partial charge in [-0.2, -0.15) is 0 Å². The number of anilines is 2. The van der Waals surface area contributed by atoms with E-state index in [4.69, 9.17) is 4.74 Å². The molecule has 0 bridgehead atoms. The van der Waals surface area contributed by atoms with Crippen molar-refractivity contribution in [2.75, 3.05) is 23.8 Å². The topological polar surface area (TPSA) is 50.4 Å². The van der Waals surface area contributed by atoms with Crippen LogP contribution in [0, 0.1) is 5.41 Å². The van der Waals surface area contributed by atoms with E-state index < -0.39 is 0 Å². The van der Waals surface area contributed by atoms with E-state index in [1.165, 1.54) is 0 Å². The van der Waals surface area contributed by atoms with Gasteiger partial charge in [-0.1, -0.05) is 20.8 Å². The number of ether oxygens (including phenoxy) is 1. The highest BCUT2D eigenvalue weighted by Crippen LogP contribution is 2.19. The van der Waals surface area contributed by atoms with E-state index in [-0.39, 0.29) is 11.3 Å². The van der Waals surface area contributed by atoms with E-state index in [9.17, 15) is 4.79 Å². The average Bonchev–Trinajstić information content (AvgIpc) is 2.90. The third kappa shape index (κ3) is 4.23. The first kappa shape index (κ1) is 14.9. The van der Waals surface area contributed by atoms with Crippen LogP contribution >= 0.6 is 0 Å². The summed E-state index contributed by atoms with van der Waals surface area (Å²) in [7, 11) is 0. The van der Waals surface area contributed by atoms with Gasteiger partial charge in [-0.25, -0.2) is 0 Å². The second-order valence-electron chi connectivity index (χ2n) is 6.30. The normalized spacial score (nSPS) is 18.9. The summed E-state index contributed by atoms with van der Waals surface area (Å²) in [6.45, 7) is 7.43. The number of hydrogen-bond acceptors (Lipinski definition) is 3. The van der Waals surface area contributed by atoms with Crippen LogP contribution in [0.1, 0.15) is 33.6 Å². The zero-order valence-electron chi connectivity index (χ0n) is 12.5. The van der Waals surface area contributed by atoms with Gasteiger partial charge < -0.3 is 15.4 Å². The first-order chi connectivity index (χ1) is 9.45. The van der Waals surface area contributed by atoms with Gasteiger partial charge in [0.05, 0.1) is 6.10 Å². The molecule has 20 heavy (non-hydrogen) atoms. The van der Waals surface area contributed by atoms with E-state index in [1.807, 2.05) is 45.0 Å². The zero-order chi connectivity index (χ0) is 14.6. The standard InChI is InChI=1S/C16H24N2O2/c1-16(2,3)15(19)18-13-8-6-12(7-9-13)17-11-14-5-4-10-20-14/h6-9,14,17H,4-5,10-11H2,1-3H3,(H,18,19). The Morgan fingerprint density at radius 3 is 2.45 bits per heavy atom. The van der Waals surface area contributed by atoms with Gasteiger partial charge in [0, 0.05) is 29.9 Å². The molecule has 1 atom stereocenters. The first-order valence-electron chi connectivity index (χ1n) is 7.22. The van der Waals surface area contributed by atoms with Gasteiger partial charge in [0.2, 0.25) is 5.91 Å². The molecule has 1 aromatic rings. The Morgan fingerprint density at radius 1 is 1.25 bits per heavy atom. The molecule has 4 heteroatoms. The van der Waals surface area contributed by atoms with Crippen LogP contribution in [-0.4, -0.2) is 25.2 Å². The maximum Gasteiger partial charge on any atom is 0.229 e. The summed E-state index contributed by atoms with van der Waals surface area (Å²) in [5.74, 6) is 0.0255. The maximum absolute atomic E-state index is 11.9. The maximum atomic E-state index is 11.9. The van der Waals surface area contributed by atoms with Crippen molar-refractivity contribution in [2.45, 2.75) is 39.7 Å². The Kier molecular flexibility index (Phi) is 4.65. The molecule has 4 nitrogen and oxygen atoms in total. The lowest BCUT2D eigenvalue weighted by atomic mass is 9.95. The molecule has 0 spiro atoms. The summed E-state index contributed by atoms with van der Waals surface area (Å²) in [6, 6.07) is 7.80. The minimum absolute atomic E-state index is 0.0255. The third-order valence-corrected chi connectivity index (χ3v) is 3.38. The molecular formula is C16H24N2O2. The third-order valence-electron chi connectivity index (χ3n) is 3.38. The molecule has 1 aliphatic heterocycles. The van der Waals surface area contributed by atoms with Gasteiger partial charge in [-0.3, -0.25) is 4.79 Å². The highest BCUT2D eigenvalue weighted by molar-refractivity contribution is 5.94. The molecular weight excluding hydrogens is 252 g/mol. The highest BCUT2D eigenvalue weighted by atomic mass is 16.5. The number of rotatable bonds is 4. The van der Waals surface area contributed by atoms with Crippen LogP contribution in [0.3, 0.4) is 0 Å². The number of hydrogen-bond donors (Lipinski definition) is 2. The molecule has 1 fully saturated rings. The van der Waals surface area contributed by atoms with E-state index in [2.05, 4.69) is 10.6 Å². The van der Waals surface area contributed by atoms with Crippen LogP contribution in [0.2, 0.25) is 0 Å². The van der Waals surface area contributed by atoms with Crippen molar-refractivity contribution < 1.29 is 9.53 Å². The van der Waals surface area contributed by atoms with Gasteiger partial charge in [0.25, 0.3) is 0 Å². The van der Waals surface area contributed by atoms with Crippen molar-refractivity contribution in [1.82, 2.24) is 0 Å². The van der Waals surface area contributed by atoms with Gasteiger partial charge in [0.1, 0.15) is 0 Å². The van der Waals surface area contributed by atoms with E-state index in [0.29, 0.717) is 6.10 Å². The molecule has 1 aromatic carbocycles. The van der Waals surface area contributed by atoms with Gasteiger partial charge in [-0.05, 0) is 37.1 Å². The average molecular weight is 276 g/mol. The molecule has 1 heterocycles. The van der Waals surface area contributed by atoms with Crippen molar-refractivity contribution in [3.63, 3.8) is 0 Å². The number of amides is 1. The Bertz CT molecular complexity index is 443. The molecule has 1 amide bonds. The second kappa shape index (κ2) is 6.27. The second-order valence-corrected chi connectivity index (χ2v) is 6.30. The Balaban J connectivity index is 1.84. The lowest BCUT2D eigenvalue weighted by Gasteiger charge is -2.18. The summed E-state index contributed by atoms with van der Waals surface area (Å²) >= 11 is 0. The van der Waals surface area contributed by atoms with Crippen molar-refractivity contribution in [2.24, 2.45) is 5.41 Å². The molecule has 0 saturated carbocycles. The Labute approximate surface area is 120 Å². The summed E-state index contributed by atoms with van der Waals surface area (Å²) in [5, 5.41) is 6.27. The monoisotopic (exact) mass is 276 g/mol. The highest BCUT2D eigenvalue weighted by Gasteiger charge is 2.21.